The monoisotopic (exact) mass is 332 g/mol. The number of anilines is 1. The van der Waals surface area contributed by atoms with Gasteiger partial charge in [0.15, 0.2) is 0 Å². The van der Waals surface area contributed by atoms with E-state index >= 15 is 0 Å². The zero-order valence-electron chi connectivity index (χ0n) is 14.1. The Morgan fingerprint density at radius 2 is 1.48 bits per heavy atom. The Morgan fingerprint density at radius 1 is 0.920 bits per heavy atom. The SMILES string of the molecule is Cn1cc(NC(=O)CC(c2ccccc2)c2ccccc2)ccc1=O. The van der Waals surface area contributed by atoms with Crippen LogP contribution in [-0.4, -0.2) is 10.5 Å². The zero-order chi connectivity index (χ0) is 17.6. The molecule has 0 radical (unpaired) electrons. The average molecular weight is 332 g/mol. The van der Waals surface area contributed by atoms with Crippen molar-refractivity contribution in [2.45, 2.75) is 12.3 Å². The first-order valence-electron chi connectivity index (χ1n) is 8.20. The van der Waals surface area contributed by atoms with Gasteiger partial charge >= 0.3 is 0 Å². The lowest BCUT2D eigenvalue weighted by Gasteiger charge is -2.18. The first-order chi connectivity index (χ1) is 12.1. The Kier molecular flexibility index (Phi) is 5.09. The third-order valence-corrected chi connectivity index (χ3v) is 4.16. The fourth-order valence-corrected chi connectivity index (χ4v) is 2.86. The molecular formula is C21H20N2O2. The van der Waals surface area contributed by atoms with Crippen LogP contribution in [0.4, 0.5) is 5.69 Å². The highest BCUT2D eigenvalue weighted by atomic mass is 16.1. The molecule has 0 saturated carbocycles. The van der Waals surface area contributed by atoms with E-state index in [0.717, 1.165) is 11.1 Å². The molecule has 0 unspecified atom stereocenters. The third kappa shape index (κ3) is 4.23. The van der Waals surface area contributed by atoms with Gasteiger partial charge in [-0.25, -0.2) is 0 Å². The number of carbonyl (C=O) groups excluding carboxylic acids is 1. The van der Waals surface area contributed by atoms with Crippen LogP contribution >= 0.6 is 0 Å². The molecule has 126 valence electrons. The van der Waals surface area contributed by atoms with E-state index in [-0.39, 0.29) is 17.4 Å². The van der Waals surface area contributed by atoms with Crippen molar-refractivity contribution >= 4 is 11.6 Å². The molecule has 0 bridgehead atoms. The molecule has 0 aliphatic carbocycles. The molecule has 1 N–H and O–H groups in total. The van der Waals surface area contributed by atoms with E-state index in [1.54, 1.807) is 19.3 Å². The number of nitrogens with one attached hydrogen (secondary N) is 1. The Labute approximate surface area is 146 Å². The molecule has 0 atom stereocenters. The van der Waals surface area contributed by atoms with Gasteiger partial charge in [-0.1, -0.05) is 60.7 Å². The number of amides is 1. The molecule has 1 heterocycles. The maximum absolute atomic E-state index is 12.6. The lowest BCUT2D eigenvalue weighted by atomic mass is 9.88. The van der Waals surface area contributed by atoms with E-state index in [9.17, 15) is 9.59 Å². The fraction of sp³-hybridized carbons (Fsp3) is 0.143. The summed E-state index contributed by atoms with van der Waals surface area (Å²) in [6.07, 6.45) is 1.96. The second-order valence-corrected chi connectivity index (χ2v) is 5.99. The van der Waals surface area contributed by atoms with Crippen LogP contribution in [-0.2, 0) is 11.8 Å². The lowest BCUT2D eigenvalue weighted by molar-refractivity contribution is -0.116. The number of hydrogen-bond acceptors (Lipinski definition) is 2. The average Bonchev–Trinajstić information content (AvgIpc) is 2.64. The number of rotatable bonds is 5. The van der Waals surface area contributed by atoms with Gasteiger partial charge in [0.2, 0.25) is 11.5 Å². The molecule has 25 heavy (non-hydrogen) atoms. The van der Waals surface area contributed by atoms with Crippen LogP contribution in [0.2, 0.25) is 0 Å². The summed E-state index contributed by atoms with van der Waals surface area (Å²) in [5, 5.41) is 2.88. The van der Waals surface area contributed by atoms with Crippen molar-refractivity contribution in [1.82, 2.24) is 4.57 Å². The minimum atomic E-state index is -0.107. The Balaban J connectivity index is 1.81. The standard InChI is InChI=1S/C21H20N2O2/c1-23-15-18(12-13-21(23)25)22-20(24)14-19(16-8-4-2-5-9-16)17-10-6-3-7-11-17/h2-13,15,19H,14H2,1H3,(H,22,24). The molecule has 3 aromatic rings. The normalized spacial score (nSPS) is 10.6. The molecule has 0 aliphatic heterocycles. The van der Waals surface area contributed by atoms with Gasteiger partial charge in [-0.15, -0.1) is 0 Å². The van der Waals surface area contributed by atoms with Crippen LogP contribution in [0.15, 0.2) is 83.8 Å². The second kappa shape index (κ2) is 7.62. The summed E-state index contributed by atoms with van der Waals surface area (Å²) in [7, 11) is 1.66. The first-order valence-corrected chi connectivity index (χ1v) is 8.20. The van der Waals surface area contributed by atoms with Gasteiger partial charge in [0.25, 0.3) is 0 Å². The maximum atomic E-state index is 12.6. The lowest BCUT2D eigenvalue weighted by Crippen LogP contribution is -2.19. The highest BCUT2D eigenvalue weighted by molar-refractivity contribution is 5.91. The number of benzene rings is 2. The molecule has 3 rings (SSSR count). The highest BCUT2D eigenvalue weighted by Gasteiger charge is 2.18. The van der Waals surface area contributed by atoms with Gasteiger partial charge < -0.3 is 9.88 Å². The van der Waals surface area contributed by atoms with Crippen LogP contribution in [0.25, 0.3) is 0 Å². The van der Waals surface area contributed by atoms with Crippen molar-refractivity contribution in [1.29, 1.82) is 0 Å². The van der Waals surface area contributed by atoms with Crippen LogP contribution in [0.1, 0.15) is 23.5 Å². The predicted octanol–water partition coefficient (Wildman–Crippen LogP) is 3.55. The summed E-state index contributed by atoms with van der Waals surface area (Å²) in [5.74, 6) is -0.105. The summed E-state index contributed by atoms with van der Waals surface area (Å²) >= 11 is 0. The summed E-state index contributed by atoms with van der Waals surface area (Å²) in [4.78, 5) is 24.0. The number of carbonyl (C=O) groups is 1. The summed E-state index contributed by atoms with van der Waals surface area (Å²) < 4.78 is 1.45. The van der Waals surface area contributed by atoms with Gasteiger partial charge in [0, 0.05) is 31.6 Å². The van der Waals surface area contributed by atoms with Crippen LogP contribution < -0.4 is 10.9 Å². The Morgan fingerprint density at radius 3 is 2.00 bits per heavy atom. The van der Waals surface area contributed by atoms with Gasteiger partial charge in [-0.3, -0.25) is 9.59 Å². The second-order valence-electron chi connectivity index (χ2n) is 5.99. The number of pyridine rings is 1. The summed E-state index contributed by atoms with van der Waals surface area (Å²) in [6, 6.07) is 23.1. The molecule has 0 fully saturated rings. The van der Waals surface area contributed by atoms with Crippen LogP contribution in [0, 0.1) is 0 Å². The molecule has 0 aliphatic rings. The quantitative estimate of drug-likeness (QED) is 0.777. The predicted molar refractivity (Wildman–Crippen MR) is 99.7 cm³/mol. The molecule has 1 aromatic heterocycles. The van der Waals surface area contributed by atoms with Crippen molar-refractivity contribution in [3.8, 4) is 0 Å². The van der Waals surface area contributed by atoms with E-state index in [4.69, 9.17) is 0 Å². The molecule has 4 nitrogen and oxygen atoms in total. The molecule has 0 spiro atoms. The molecular weight excluding hydrogens is 312 g/mol. The van der Waals surface area contributed by atoms with Crippen molar-refractivity contribution in [2.24, 2.45) is 7.05 Å². The molecule has 2 aromatic carbocycles. The van der Waals surface area contributed by atoms with Crippen molar-refractivity contribution in [2.75, 3.05) is 5.32 Å². The van der Waals surface area contributed by atoms with Crippen molar-refractivity contribution < 1.29 is 4.79 Å². The molecule has 4 heteroatoms. The van der Waals surface area contributed by atoms with Crippen LogP contribution in [0.5, 0.6) is 0 Å². The maximum Gasteiger partial charge on any atom is 0.250 e. The number of nitrogens with zero attached hydrogens (tertiary/aromatic N) is 1. The topological polar surface area (TPSA) is 51.1 Å². The summed E-state index contributed by atoms with van der Waals surface area (Å²) in [5.41, 5.74) is 2.71. The van der Waals surface area contributed by atoms with Gasteiger partial charge in [0.1, 0.15) is 0 Å². The first kappa shape index (κ1) is 16.7. The molecule has 0 saturated heterocycles. The summed E-state index contributed by atoms with van der Waals surface area (Å²) in [6.45, 7) is 0. The smallest absolute Gasteiger partial charge is 0.250 e. The van der Waals surface area contributed by atoms with E-state index in [1.807, 2.05) is 60.7 Å². The van der Waals surface area contributed by atoms with E-state index in [2.05, 4.69) is 5.32 Å². The third-order valence-electron chi connectivity index (χ3n) is 4.16. The van der Waals surface area contributed by atoms with E-state index in [1.165, 1.54) is 10.6 Å². The van der Waals surface area contributed by atoms with Crippen LogP contribution in [0.3, 0.4) is 0 Å². The zero-order valence-corrected chi connectivity index (χ0v) is 14.1. The van der Waals surface area contributed by atoms with Gasteiger partial charge in [0.05, 0.1) is 5.69 Å². The van der Waals surface area contributed by atoms with Gasteiger partial charge in [-0.05, 0) is 17.2 Å². The van der Waals surface area contributed by atoms with Crippen molar-refractivity contribution in [3.05, 3.63) is 100 Å². The fourth-order valence-electron chi connectivity index (χ4n) is 2.86. The Bertz CT molecular complexity index is 862. The highest BCUT2D eigenvalue weighted by Crippen LogP contribution is 2.28. The van der Waals surface area contributed by atoms with Gasteiger partial charge in [-0.2, -0.15) is 0 Å². The Hall–Kier alpha value is -3.14. The number of aromatic nitrogens is 1. The largest absolute Gasteiger partial charge is 0.325 e. The van der Waals surface area contributed by atoms with E-state index in [0.29, 0.717) is 12.1 Å². The van der Waals surface area contributed by atoms with Crippen molar-refractivity contribution in [3.63, 3.8) is 0 Å². The van der Waals surface area contributed by atoms with E-state index < -0.39 is 0 Å². The minimum absolute atomic E-state index is 0.0186. The number of aryl methyl sites for hydroxylation is 1. The number of hydrogen-bond donors (Lipinski definition) is 1. The molecule has 1 amide bonds. The minimum Gasteiger partial charge on any atom is -0.325 e.